The molecule has 0 aliphatic rings. The highest BCUT2D eigenvalue weighted by atomic mass is 79.9. The van der Waals surface area contributed by atoms with E-state index in [2.05, 4.69) is 15.9 Å². The summed E-state index contributed by atoms with van der Waals surface area (Å²) in [5.41, 5.74) is 7.63. The van der Waals surface area contributed by atoms with Crippen molar-refractivity contribution in [3.63, 3.8) is 0 Å². The molecule has 4 nitrogen and oxygen atoms in total. The lowest BCUT2D eigenvalue weighted by molar-refractivity contribution is -0.144. The van der Waals surface area contributed by atoms with Crippen LogP contribution in [0.3, 0.4) is 0 Å². The van der Waals surface area contributed by atoms with E-state index in [1.165, 1.54) is 0 Å². The standard InChI is InChI=1S/C17H18BrNO3/c1-2-21-17(20)16(19)14-10-13(18)8-9-15(14)22-11-12-6-4-3-5-7-12/h3-10,16H,2,11,19H2,1H3. The fourth-order valence-electron chi connectivity index (χ4n) is 1.99. The van der Waals surface area contributed by atoms with Crippen molar-refractivity contribution in [2.45, 2.75) is 19.6 Å². The van der Waals surface area contributed by atoms with Crippen LogP contribution in [-0.2, 0) is 16.1 Å². The largest absolute Gasteiger partial charge is 0.489 e. The van der Waals surface area contributed by atoms with Crippen LogP contribution in [0.5, 0.6) is 5.75 Å². The number of benzene rings is 2. The predicted octanol–water partition coefficient (Wildman–Crippen LogP) is 3.59. The molecule has 22 heavy (non-hydrogen) atoms. The van der Waals surface area contributed by atoms with Gasteiger partial charge in [0.2, 0.25) is 0 Å². The number of esters is 1. The van der Waals surface area contributed by atoms with Crippen LogP contribution >= 0.6 is 15.9 Å². The van der Waals surface area contributed by atoms with Gasteiger partial charge in [-0.05, 0) is 30.7 Å². The van der Waals surface area contributed by atoms with Crippen molar-refractivity contribution < 1.29 is 14.3 Å². The highest BCUT2D eigenvalue weighted by Crippen LogP contribution is 2.29. The maximum atomic E-state index is 11.9. The first-order valence-electron chi connectivity index (χ1n) is 7.00. The average Bonchev–Trinajstić information content (AvgIpc) is 2.54. The number of hydrogen-bond acceptors (Lipinski definition) is 4. The molecule has 0 aromatic heterocycles. The molecule has 0 saturated carbocycles. The van der Waals surface area contributed by atoms with Gasteiger partial charge in [0.25, 0.3) is 0 Å². The summed E-state index contributed by atoms with van der Waals surface area (Å²) in [6, 6.07) is 14.4. The van der Waals surface area contributed by atoms with E-state index in [0.717, 1.165) is 10.0 Å². The monoisotopic (exact) mass is 363 g/mol. The van der Waals surface area contributed by atoms with Crippen LogP contribution in [0.15, 0.2) is 53.0 Å². The van der Waals surface area contributed by atoms with Crippen molar-refractivity contribution in [1.82, 2.24) is 0 Å². The summed E-state index contributed by atoms with van der Waals surface area (Å²) in [5, 5.41) is 0. The molecule has 0 radical (unpaired) electrons. The van der Waals surface area contributed by atoms with Gasteiger partial charge in [0.05, 0.1) is 6.61 Å². The molecule has 0 heterocycles. The fraction of sp³-hybridized carbons (Fsp3) is 0.235. The molecule has 0 spiro atoms. The molecule has 0 amide bonds. The Morgan fingerprint density at radius 3 is 2.64 bits per heavy atom. The number of rotatable bonds is 6. The van der Waals surface area contributed by atoms with Crippen molar-refractivity contribution in [3.05, 3.63) is 64.1 Å². The first-order valence-corrected chi connectivity index (χ1v) is 7.79. The lowest BCUT2D eigenvalue weighted by Crippen LogP contribution is -2.24. The lowest BCUT2D eigenvalue weighted by Gasteiger charge is -2.16. The molecule has 0 aliphatic carbocycles. The molecule has 5 heteroatoms. The number of halogens is 1. The summed E-state index contributed by atoms with van der Waals surface area (Å²) in [4.78, 5) is 11.9. The normalized spacial score (nSPS) is 11.8. The van der Waals surface area contributed by atoms with Crippen LogP contribution in [0.4, 0.5) is 0 Å². The third kappa shape index (κ3) is 4.32. The molecule has 0 bridgehead atoms. The molecule has 2 rings (SSSR count). The zero-order valence-electron chi connectivity index (χ0n) is 12.3. The summed E-state index contributed by atoms with van der Waals surface area (Å²) in [6.45, 7) is 2.45. The summed E-state index contributed by atoms with van der Waals surface area (Å²) in [7, 11) is 0. The van der Waals surface area contributed by atoms with E-state index in [4.69, 9.17) is 15.2 Å². The molecule has 1 atom stereocenters. The van der Waals surface area contributed by atoms with Gasteiger partial charge in [-0.3, -0.25) is 0 Å². The maximum absolute atomic E-state index is 11.9. The third-order valence-electron chi connectivity index (χ3n) is 3.08. The molecular weight excluding hydrogens is 346 g/mol. The van der Waals surface area contributed by atoms with Gasteiger partial charge < -0.3 is 15.2 Å². The first kappa shape index (κ1) is 16.5. The molecule has 116 valence electrons. The van der Waals surface area contributed by atoms with E-state index in [1.807, 2.05) is 36.4 Å². The van der Waals surface area contributed by atoms with Crippen LogP contribution in [0.25, 0.3) is 0 Å². The number of carbonyl (C=O) groups is 1. The van der Waals surface area contributed by atoms with Crippen molar-refractivity contribution in [1.29, 1.82) is 0 Å². The lowest BCUT2D eigenvalue weighted by atomic mass is 10.1. The summed E-state index contributed by atoms with van der Waals surface area (Å²) in [5.74, 6) is 0.109. The van der Waals surface area contributed by atoms with E-state index in [-0.39, 0.29) is 0 Å². The minimum atomic E-state index is -0.872. The first-order chi connectivity index (χ1) is 10.6. The number of hydrogen-bond donors (Lipinski definition) is 1. The van der Waals surface area contributed by atoms with Crippen LogP contribution in [0.2, 0.25) is 0 Å². The van der Waals surface area contributed by atoms with Crippen molar-refractivity contribution in [3.8, 4) is 5.75 Å². The quantitative estimate of drug-likeness (QED) is 0.796. The van der Waals surface area contributed by atoms with Gasteiger partial charge in [-0.2, -0.15) is 0 Å². The smallest absolute Gasteiger partial charge is 0.327 e. The van der Waals surface area contributed by atoms with Gasteiger partial charge in [-0.1, -0.05) is 46.3 Å². The van der Waals surface area contributed by atoms with Crippen LogP contribution < -0.4 is 10.5 Å². The number of ether oxygens (including phenoxy) is 2. The Morgan fingerprint density at radius 2 is 1.95 bits per heavy atom. The van der Waals surface area contributed by atoms with E-state index in [1.54, 1.807) is 19.1 Å². The zero-order chi connectivity index (χ0) is 15.9. The SMILES string of the molecule is CCOC(=O)C(N)c1cc(Br)ccc1OCc1ccccc1. The van der Waals surface area contributed by atoms with E-state index in [9.17, 15) is 4.79 Å². The summed E-state index contributed by atoms with van der Waals surface area (Å²) in [6.07, 6.45) is 0. The van der Waals surface area contributed by atoms with Crippen molar-refractivity contribution in [2.75, 3.05) is 6.61 Å². The minimum absolute atomic E-state index is 0.292. The van der Waals surface area contributed by atoms with Crippen LogP contribution in [-0.4, -0.2) is 12.6 Å². The fourth-order valence-corrected chi connectivity index (χ4v) is 2.37. The second-order valence-electron chi connectivity index (χ2n) is 4.69. The van der Waals surface area contributed by atoms with Gasteiger partial charge in [-0.25, -0.2) is 4.79 Å². The second-order valence-corrected chi connectivity index (χ2v) is 5.60. The topological polar surface area (TPSA) is 61.5 Å². The van der Waals surface area contributed by atoms with Crippen molar-refractivity contribution >= 4 is 21.9 Å². The van der Waals surface area contributed by atoms with E-state index < -0.39 is 12.0 Å². The Kier molecular flexibility index (Phi) is 5.98. The van der Waals surface area contributed by atoms with Crippen molar-refractivity contribution in [2.24, 2.45) is 5.73 Å². The summed E-state index contributed by atoms with van der Waals surface area (Å²) < 4.78 is 11.6. The Bertz CT molecular complexity index is 631. The Labute approximate surface area is 138 Å². The van der Waals surface area contributed by atoms with Gasteiger partial charge in [0, 0.05) is 10.0 Å². The predicted molar refractivity (Wildman–Crippen MR) is 88.5 cm³/mol. The van der Waals surface area contributed by atoms with Gasteiger partial charge in [-0.15, -0.1) is 0 Å². The molecular formula is C17H18BrNO3. The highest BCUT2D eigenvalue weighted by Gasteiger charge is 2.21. The molecule has 1 unspecified atom stereocenters. The average molecular weight is 364 g/mol. The number of nitrogens with two attached hydrogens (primary N) is 1. The third-order valence-corrected chi connectivity index (χ3v) is 3.58. The molecule has 0 fully saturated rings. The van der Waals surface area contributed by atoms with Crippen LogP contribution in [0, 0.1) is 0 Å². The molecule has 0 aliphatic heterocycles. The number of carbonyl (C=O) groups excluding carboxylic acids is 1. The second kappa shape index (κ2) is 7.96. The van der Waals surface area contributed by atoms with Gasteiger partial charge >= 0.3 is 5.97 Å². The Balaban J connectivity index is 2.18. The highest BCUT2D eigenvalue weighted by molar-refractivity contribution is 9.10. The van der Waals surface area contributed by atoms with Crippen LogP contribution in [0.1, 0.15) is 24.1 Å². The maximum Gasteiger partial charge on any atom is 0.327 e. The van der Waals surface area contributed by atoms with E-state index in [0.29, 0.717) is 24.5 Å². The molecule has 2 N–H and O–H groups in total. The zero-order valence-corrected chi connectivity index (χ0v) is 13.9. The minimum Gasteiger partial charge on any atom is -0.489 e. The van der Waals surface area contributed by atoms with Gasteiger partial charge in [0.15, 0.2) is 0 Å². The summed E-state index contributed by atoms with van der Waals surface area (Å²) >= 11 is 3.39. The van der Waals surface area contributed by atoms with Gasteiger partial charge in [0.1, 0.15) is 18.4 Å². The van der Waals surface area contributed by atoms with E-state index >= 15 is 0 Å². The Hall–Kier alpha value is -1.85. The molecule has 0 saturated heterocycles. The molecule has 2 aromatic carbocycles. The molecule has 2 aromatic rings. The Morgan fingerprint density at radius 1 is 1.23 bits per heavy atom.